The number of phenols is 1. The molecule has 10 heteroatoms. The number of carbonyl (C=O) groups is 3. The van der Waals surface area contributed by atoms with E-state index in [0.29, 0.717) is 11.3 Å². The number of carbonyl (C=O) groups excluding carboxylic acids is 2. The van der Waals surface area contributed by atoms with Gasteiger partial charge in [-0.1, -0.05) is 12.1 Å². The number of carboxylic acid groups (broad SMARTS) is 1. The third kappa shape index (κ3) is 7.75. The summed E-state index contributed by atoms with van der Waals surface area (Å²) in [5, 5.41) is 33.1. The third-order valence-corrected chi connectivity index (χ3v) is 4.70. The number of hydrogen-bond donors (Lipinski definition) is 6. The van der Waals surface area contributed by atoms with Crippen molar-refractivity contribution in [1.29, 1.82) is 0 Å². The Bertz CT molecular complexity index is 668. The van der Waals surface area contributed by atoms with Crippen molar-refractivity contribution < 1.29 is 29.7 Å². The molecule has 0 heterocycles. The van der Waals surface area contributed by atoms with Gasteiger partial charge in [0.15, 0.2) is 0 Å². The standard InChI is InChI=1S/C18H27N3O6S/c1-10(22)15(19)17(25)20-13(7-8-28-2)16(24)21-14(18(26)27)9-11-3-5-12(23)6-4-11/h3-6,10,13-15,22-23H,7-9,19H2,1-2H3,(H,20,25)(H,21,24)(H,26,27)/t10-,13+,14+,15+/m1/s1. The summed E-state index contributed by atoms with van der Waals surface area (Å²) in [7, 11) is 0. The zero-order valence-corrected chi connectivity index (χ0v) is 16.6. The highest BCUT2D eigenvalue weighted by Gasteiger charge is 2.29. The highest BCUT2D eigenvalue weighted by atomic mass is 32.2. The Kier molecular flexibility index (Phi) is 9.77. The van der Waals surface area contributed by atoms with Gasteiger partial charge in [-0.2, -0.15) is 11.8 Å². The second-order valence-corrected chi connectivity index (χ2v) is 7.36. The molecular formula is C18H27N3O6S. The second kappa shape index (κ2) is 11.5. The summed E-state index contributed by atoms with van der Waals surface area (Å²) in [4.78, 5) is 36.2. The van der Waals surface area contributed by atoms with Crippen LogP contribution in [-0.2, 0) is 20.8 Å². The first-order valence-corrected chi connectivity index (χ1v) is 10.1. The lowest BCUT2D eigenvalue weighted by Gasteiger charge is -2.23. The molecule has 0 radical (unpaired) electrons. The van der Waals surface area contributed by atoms with Crippen LogP contribution in [0.25, 0.3) is 0 Å². The molecule has 0 fully saturated rings. The van der Waals surface area contributed by atoms with Crippen LogP contribution in [-0.4, -0.2) is 69.3 Å². The van der Waals surface area contributed by atoms with Gasteiger partial charge >= 0.3 is 5.97 Å². The minimum Gasteiger partial charge on any atom is -0.508 e. The van der Waals surface area contributed by atoms with Gasteiger partial charge in [0.25, 0.3) is 0 Å². The number of benzene rings is 1. The average molecular weight is 413 g/mol. The lowest BCUT2D eigenvalue weighted by atomic mass is 10.0. The average Bonchev–Trinajstić information content (AvgIpc) is 2.64. The molecule has 2 amide bonds. The summed E-state index contributed by atoms with van der Waals surface area (Å²) in [5.74, 6) is -1.96. The van der Waals surface area contributed by atoms with Gasteiger partial charge in [0.1, 0.15) is 23.9 Å². The Balaban J connectivity index is 2.84. The van der Waals surface area contributed by atoms with E-state index in [-0.39, 0.29) is 18.6 Å². The van der Waals surface area contributed by atoms with E-state index in [1.807, 2.05) is 6.26 Å². The van der Waals surface area contributed by atoms with Crippen LogP contribution in [0.2, 0.25) is 0 Å². The van der Waals surface area contributed by atoms with Crippen molar-refractivity contribution >= 4 is 29.5 Å². The highest BCUT2D eigenvalue weighted by Crippen LogP contribution is 2.12. The van der Waals surface area contributed by atoms with E-state index >= 15 is 0 Å². The number of aliphatic hydroxyl groups excluding tert-OH is 1. The lowest BCUT2D eigenvalue weighted by molar-refractivity contribution is -0.142. The van der Waals surface area contributed by atoms with Crippen molar-refractivity contribution in [2.24, 2.45) is 5.73 Å². The predicted octanol–water partition coefficient (Wildman–Crippen LogP) is -0.550. The predicted molar refractivity (Wildman–Crippen MR) is 106 cm³/mol. The molecular weight excluding hydrogens is 386 g/mol. The summed E-state index contributed by atoms with van der Waals surface area (Å²) >= 11 is 1.47. The minimum atomic E-state index is -1.22. The van der Waals surface area contributed by atoms with E-state index in [2.05, 4.69) is 10.6 Å². The van der Waals surface area contributed by atoms with Gasteiger partial charge in [-0.25, -0.2) is 4.79 Å². The monoisotopic (exact) mass is 413 g/mol. The number of aliphatic hydroxyl groups is 1. The fourth-order valence-electron chi connectivity index (χ4n) is 2.33. The molecule has 9 nitrogen and oxygen atoms in total. The molecule has 0 unspecified atom stereocenters. The number of carboxylic acids is 1. The zero-order valence-electron chi connectivity index (χ0n) is 15.8. The molecule has 0 aliphatic carbocycles. The summed E-state index contributed by atoms with van der Waals surface area (Å²) in [6.07, 6.45) is 1.03. The summed E-state index contributed by atoms with van der Waals surface area (Å²) in [6, 6.07) is 2.58. The maximum absolute atomic E-state index is 12.6. The van der Waals surface area contributed by atoms with Crippen LogP contribution in [0.15, 0.2) is 24.3 Å². The van der Waals surface area contributed by atoms with Crippen LogP contribution < -0.4 is 16.4 Å². The number of aromatic hydroxyl groups is 1. The third-order valence-electron chi connectivity index (χ3n) is 4.06. The van der Waals surface area contributed by atoms with Crippen LogP contribution in [0.3, 0.4) is 0 Å². The van der Waals surface area contributed by atoms with E-state index in [9.17, 15) is 29.7 Å². The molecule has 0 bridgehead atoms. The molecule has 0 saturated carbocycles. The van der Waals surface area contributed by atoms with Gasteiger partial charge in [-0.15, -0.1) is 0 Å². The molecule has 0 aliphatic heterocycles. The Hall–Kier alpha value is -2.30. The van der Waals surface area contributed by atoms with Gasteiger partial charge in [0.2, 0.25) is 11.8 Å². The lowest BCUT2D eigenvalue weighted by Crippen LogP contribution is -2.56. The number of amides is 2. The first-order chi connectivity index (χ1) is 13.1. The van der Waals surface area contributed by atoms with Gasteiger partial charge in [0, 0.05) is 6.42 Å². The highest BCUT2D eigenvalue weighted by molar-refractivity contribution is 7.98. The molecule has 0 aromatic heterocycles. The smallest absolute Gasteiger partial charge is 0.326 e. The first-order valence-electron chi connectivity index (χ1n) is 8.69. The minimum absolute atomic E-state index is 0.0116. The van der Waals surface area contributed by atoms with Gasteiger partial charge < -0.3 is 31.7 Å². The molecule has 156 valence electrons. The van der Waals surface area contributed by atoms with E-state index < -0.39 is 42.0 Å². The number of thioether (sulfide) groups is 1. The summed E-state index contributed by atoms with van der Waals surface area (Å²) < 4.78 is 0. The molecule has 1 aromatic carbocycles. The molecule has 0 spiro atoms. The Morgan fingerprint density at radius 1 is 1.11 bits per heavy atom. The molecule has 1 aromatic rings. The van der Waals surface area contributed by atoms with Crippen LogP contribution in [0.1, 0.15) is 18.9 Å². The van der Waals surface area contributed by atoms with Gasteiger partial charge in [-0.3, -0.25) is 9.59 Å². The Morgan fingerprint density at radius 2 is 1.68 bits per heavy atom. The quantitative estimate of drug-likeness (QED) is 0.281. The Morgan fingerprint density at radius 3 is 2.18 bits per heavy atom. The van der Waals surface area contributed by atoms with Crippen LogP contribution in [0.5, 0.6) is 5.75 Å². The normalized spacial score (nSPS) is 15.1. The fraction of sp³-hybridized carbons (Fsp3) is 0.500. The number of nitrogens with one attached hydrogen (secondary N) is 2. The molecule has 28 heavy (non-hydrogen) atoms. The van der Waals surface area contributed by atoms with E-state index in [0.717, 1.165) is 0 Å². The Labute approximate surface area is 167 Å². The SMILES string of the molecule is CSCC[C@H](NC(=O)[C@@H](N)[C@@H](C)O)C(=O)N[C@@H](Cc1ccc(O)cc1)C(=O)O. The topological polar surface area (TPSA) is 162 Å². The molecule has 0 saturated heterocycles. The summed E-state index contributed by atoms with van der Waals surface area (Å²) in [5.41, 5.74) is 6.20. The van der Waals surface area contributed by atoms with Crippen molar-refractivity contribution in [3.8, 4) is 5.75 Å². The van der Waals surface area contributed by atoms with Gasteiger partial charge in [0.05, 0.1) is 6.10 Å². The number of rotatable bonds is 11. The van der Waals surface area contributed by atoms with Gasteiger partial charge in [-0.05, 0) is 43.0 Å². The fourth-order valence-corrected chi connectivity index (χ4v) is 2.80. The second-order valence-electron chi connectivity index (χ2n) is 6.38. The summed E-state index contributed by atoms with van der Waals surface area (Å²) in [6.45, 7) is 1.36. The van der Waals surface area contributed by atoms with Crippen molar-refractivity contribution in [2.45, 2.75) is 44.0 Å². The maximum Gasteiger partial charge on any atom is 0.326 e. The maximum atomic E-state index is 12.6. The largest absolute Gasteiger partial charge is 0.508 e. The molecule has 7 N–H and O–H groups in total. The van der Waals surface area contributed by atoms with Crippen molar-refractivity contribution in [1.82, 2.24) is 10.6 Å². The van der Waals surface area contributed by atoms with Crippen molar-refractivity contribution in [3.63, 3.8) is 0 Å². The molecule has 0 aliphatic rings. The number of aliphatic carboxylic acids is 1. The number of hydrogen-bond acceptors (Lipinski definition) is 7. The van der Waals surface area contributed by atoms with E-state index in [1.165, 1.54) is 30.8 Å². The molecule has 4 atom stereocenters. The zero-order chi connectivity index (χ0) is 21.3. The van der Waals surface area contributed by atoms with Crippen molar-refractivity contribution in [2.75, 3.05) is 12.0 Å². The van der Waals surface area contributed by atoms with Crippen molar-refractivity contribution in [3.05, 3.63) is 29.8 Å². The number of phenolic OH excluding ortho intramolecular Hbond substituents is 1. The van der Waals surface area contributed by atoms with Crippen LogP contribution >= 0.6 is 11.8 Å². The molecule has 1 rings (SSSR count). The first kappa shape index (κ1) is 23.7. The number of nitrogens with two attached hydrogens (primary N) is 1. The van der Waals surface area contributed by atoms with E-state index in [1.54, 1.807) is 12.1 Å². The van der Waals surface area contributed by atoms with Crippen LogP contribution in [0, 0.1) is 0 Å². The van der Waals surface area contributed by atoms with Crippen LogP contribution in [0.4, 0.5) is 0 Å². The van der Waals surface area contributed by atoms with E-state index in [4.69, 9.17) is 5.73 Å².